The zero-order valence-corrected chi connectivity index (χ0v) is 24.5. The first-order valence-corrected chi connectivity index (χ1v) is 14.0. The molecular formula is C33H26Cl4O4. The third kappa shape index (κ3) is 8.25. The fourth-order valence-corrected chi connectivity index (χ4v) is 5.35. The quantitative estimate of drug-likeness (QED) is 0.116. The van der Waals surface area contributed by atoms with Gasteiger partial charge in [-0.25, -0.2) is 0 Å². The lowest BCUT2D eigenvalue weighted by Crippen LogP contribution is -2.18. The average Bonchev–Trinajstić information content (AvgIpc) is 2.94. The van der Waals surface area contributed by atoms with Crippen LogP contribution in [0.15, 0.2) is 121 Å². The van der Waals surface area contributed by atoms with E-state index >= 15 is 0 Å². The molecule has 0 radical (unpaired) electrons. The predicted octanol–water partition coefficient (Wildman–Crippen LogP) is 9.53. The monoisotopic (exact) mass is 626 g/mol. The van der Waals surface area contributed by atoms with E-state index in [0.717, 1.165) is 27.8 Å². The molecule has 0 saturated carbocycles. The molecule has 5 aromatic carbocycles. The highest BCUT2D eigenvalue weighted by atomic mass is 35.6. The first-order valence-electron chi connectivity index (χ1n) is 12.5. The van der Waals surface area contributed by atoms with Crippen LogP contribution in [0.25, 0.3) is 0 Å². The Labute approximate surface area is 258 Å². The van der Waals surface area contributed by atoms with Crippen LogP contribution in [0, 0.1) is 0 Å². The minimum Gasteiger partial charge on any atom is -0.508 e. The molecule has 0 aliphatic rings. The Balaban J connectivity index is 0.000000191. The van der Waals surface area contributed by atoms with Gasteiger partial charge in [0.25, 0.3) is 0 Å². The van der Waals surface area contributed by atoms with Crippen molar-refractivity contribution in [2.75, 3.05) is 0 Å². The van der Waals surface area contributed by atoms with Crippen molar-refractivity contribution in [2.45, 2.75) is 15.6 Å². The normalized spacial score (nSPS) is 11.3. The smallest absolute Gasteiger partial charge is 0.201 e. The first kappa shape index (κ1) is 30.4. The van der Waals surface area contributed by atoms with E-state index in [4.69, 9.17) is 46.4 Å². The molecule has 0 aromatic heterocycles. The van der Waals surface area contributed by atoms with Gasteiger partial charge in [0, 0.05) is 10.9 Å². The largest absolute Gasteiger partial charge is 0.508 e. The highest BCUT2D eigenvalue weighted by Crippen LogP contribution is 2.46. The summed E-state index contributed by atoms with van der Waals surface area (Å²) in [4.78, 5) is 0. The van der Waals surface area contributed by atoms with Crippen LogP contribution in [0.1, 0.15) is 39.7 Å². The molecule has 0 aliphatic carbocycles. The molecule has 5 aromatic rings. The van der Waals surface area contributed by atoms with E-state index in [1.807, 2.05) is 48.5 Å². The average molecular weight is 628 g/mol. The lowest BCUT2D eigenvalue weighted by atomic mass is 9.85. The number of aromatic hydroxyl groups is 4. The Morgan fingerprint density at radius 3 is 0.902 bits per heavy atom. The number of halogens is 4. The standard InChI is InChI=1S/C19H15ClO2.C14H11Cl3O2/c20-16-7-1-13(2-8-16)19(14-3-9-17(21)10-4-14)15-5-11-18(22)12-6-15;15-14(16,17)13(9-1-5-11(18)6-2-9)10-3-7-12(19)8-4-10/h1-12,19,21-22H;1-8,13,18-19H. The van der Waals surface area contributed by atoms with Crippen molar-refractivity contribution < 1.29 is 20.4 Å². The summed E-state index contributed by atoms with van der Waals surface area (Å²) in [6.45, 7) is 0. The molecule has 4 N–H and O–H groups in total. The molecule has 0 saturated heterocycles. The molecular weight excluding hydrogens is 602 g/mol. The van der Waals surface area contributed by atoms with E-state index < -0.39 is 9.71 Å². The maximum atomic E-state index is 9.50. The van der Waals surface area contributed by atoms with Crippen molar-refractivity contribution in [1.29, 1.82) is 0 Å². The Bertz CT molecular complexity index is 1380. The maximum Gasteiger partial charge on any atom is 0.201 e. The van der Waals surface area contributed by atoms with Crippen molar-refractivity contribution in [2.24, 2.45) is 0 Å². The summed E-state index contributed by atoms with van der Waals surface area (Å²) in [7, 11) is 0. The fourth-order valence-electron chi connectivity index (χ4n) is 4.47. The molecule has 0 aliphatic heterocycles. The Kier molecular flexibility index (Phi) is 9.95. The van der Waals surface area contributed by atoms with Gasteiger partial charge in [-0.15, -0.1) is 0 Å². The summed E-state index contributed by atoms with van der Waals surface area (Å²) >= 11 is 24.1. The molecule has 0 atom stereocenters. The van der Waals surface area contributed by atoms with Crippen molar-refractivity contribution in [3.63, 3.8) is 0 Å². The Hall–Kier alpha value is -3.54. The van der Waals surface area contributed by atoms with E-state index in [1.165, 1.54) is 0 Å². The summed E-state index contributed by atoms with van der Waals surface area (Å²) in [5.41, 5.74) is 4.75. The van der Waals surface area contributed by atoms with Gasteiger partial charge < -0.3 is 20.4 Å². The van der Waals surface area contributed by atoms with Crippen LogP contribution < -0.4 is 0 Å². The minimum absolute atomic E-state index is 0.0125. The lowest BCUT2D eigenvalue weighted by molar-refractivity contribution is 0.474. The lowest BCUT2D eigenvalue weighted by Gasteiger charge is -2.25. The highest BCUT2D eigenvalue weighted by Gasteiger charge is 2.35. The van der Waals surface area contributed by atoms with Crippen molar-refractivity contribution in [3.8, 4) is 23.0 Å². The van der Waals surface area contributed by atoms with E-state index in [1.54, 1.807) is 72.8 Å². The highest BCUT2D eigenvalue weighted by molar-refractivity contribution is 6.68. The molecule has 210 valence electrons. The second-order valence-corrected chi connectivity index (χ2v) is 12.1. The van der Waals surface area contributed by atoms with Gasteiger partial charge in [0.15, 0.2) is 0 Å². The van der Waals surface area contributed by atoms with Crippen molar-refractivity contribution in [1.82, 2.24) is 0 Å². The summed E-state index contributed by atoms with van der Waals surface area (Å²) in [6, 6.07) is 35.0. The van der Waals surface area contributed by atoms with Crippen LogP contribution in [0.4, 0.5) is 0 Å². The van der Waals surface area contributed by atoms with Gasteiger partial charge >= 0.3 is 0 Å². The number of hydrogen-bond donors (Lipinski definition) is 4. The van der Waals surface area contributed by atoms with Gasteiger partial charge in [0.2, 0.25) is 3.79 Å². The van der Waals surface area contributed by atoms with Gasteiger partial charge in [-0.1, -0.05) is 107 Å². The topological polar surface area (TPSA) is 80.9 Å². The van der Waals surface area contributed by atoms with E-state index in [9.17, 15) is 20.4 Å². The molecule has 4 nitrogen and oxygen atoms in total. The molecule has 41 heavy (non-hydrogen) atoms. The summed E-state index contributed by atoms with van der Waals surface area (Å²) in [5, 5.41) is 38.3. The maximum absolute atomic E-state index is 9.50. The van der Waals surface area contributed by atoms with Crippen molar-refractivity contribution in [3.05, 3.63) is 154 Å². The Morgan fingerprint density at radius 2 is 0.634 bits per heavy atom. The van der Waals surface area contributed by atoms with Crippen LogP contribution in [0.3, 0.4) is 0 Å². The number of phenolic OH excluding ortho intramolecular Hbond substituents is 4. The van der Waals surface area contributed by atoms with Gasteiger partial charge in [0.1, 0.15) is 23.0 Å². The predicted molar refractivity (Wildman–Crippen MR) is 167 cm³/mol. The van der Waals surface area contributed by atoms with Gasteiger partial charge in [-0.3, -0.25) is 0 Å². The number of rotatable bonds is 5. The molecule has 5 rings (SSSR count). The molecule has 0 heterocycles. The third-order valence-corrected chi connectivity index (χ3v) is 7.34. The van der Waals surface area contributed by atoms with Crippen LogP contribution in [0.2, 0.25) is 5.02 Å². The van der Waals surface area contributed by atoms with Crippen molar-refractivity contribution >= 4 is 46.4 Å². The number of phenols is 4. The zero-order chi connectivity index (χ0) is 29.6. The molecule has 0 fully saturated rings. The molecule has 0 amide bonds. The molecule has 8 heteroatoms. The summed E-state index contributed by atoms with van der Waals surface area (Å²) in [5.74, 6) is 0.306. The van der Waals surface area contributed by atoms with Gasteiger partial charge in [-0.05, 0) is 88.5 Å². The second-order valence-electron chi connectivity index (χ2n) is 9.33. The SMILES string of the molecule is Oc1ccc(C(c2ccc(O)cc2)C(Cl)(Cl)Cl)cc1.Oc1ccc(C(c2ccc(O)cc2)c2ccc(Cl)cc2)cc1. The van der Waals surface area contributed by atoms with Gasteiger partial charge in [0.05, 0.1) is 5.92 Å². The molecule has 0 spiro atoms. The fraction of sp³-hybridized carbons (Fsp3) is 0.0909. The van der Waals surface area contributed by atoms with Gasteiger partial charge in [-0.2, -0.15) is 0 Å². The first-order chi connectivity index (χ1) is 19.5. The van der Waals surface area contributed by atoms with Crippen LogP contribution in [0.5, 0.6) is 23.0 Å². The molecule has 0 unspecified atom stereocenters. The minimum atomic E-state index is -1.53. The second kappa shape index (κ2) is 13.4. The van der Waals surface area contributed by atoms with E-state index in [0.29, 0.717) is 5.02 Å². The van der Waals surface area contributed by atoms with E-state index in [-0.39, 0.29) is 28.9 Å². The zero-order valence-electron chi connectivity index (χ0n) is 21.5. The van der Waals surface area contributed by atoms with Crippen LogP contribution in [-0.2, 0) is 0 Å². The third-order valence-electron chi connectivity index (χ3n) is 6.44. The number of benzene rings is 5. The Morgan fingerprint density at radius 1 is 0.390 bits per heavy atom. The summed E-state index contributed by atoms with van der Waals surface area (Å²) in [6.07, 6.45) is 0. The number of hydrogen-bond acceptors (Lipinski definition) is 4. The molecule has 0 bridgehead atoms. The van der Waals surface area contributed by atoms with E-state index in [2.05, 4.69) is 0 Å². The number of alkyl halides is 3. The van der Waals surface area contributed by atoms with Crippen LogP contribution in [-0.4, -0.2) is 24.2 Å². The summed E-state index contributed by atoms with van der Waals surface area (Å²) < 4.78 is -1.53. The van der Waals surface area contributed by atoms with Crippen LogP contribution >= 0.6 is 46.4 Å².